The number of carbonyl (C=O) groups excluding carboxylic acids is 2. The fourth-order valence-electron chi connectivity index (χ4n) is 1.30. The number of nitrogens with two attached hydrogens (primary N) is 1. The van der Waals surface area contributed by atoms with Crippen molar-refractivity contribution >= 4 is 11.8 Å². The molecule has 2 amide bonds. The number of benzene rings is 1. The monoisotopic (exact) mass is 222 g/mol. The van der Waals surface area contributed by atoms with Gasteiger partial charge in [-0.05, 0) is 6.07 Å². The normalized spacial score (nSPS) is 11.8. The highest BCUT2D eigenvalue weighted by molar-refractivity contribution is 5.88. The Kier molecular flexibility index (Phi) is 3.88. The molecule has 0 radical (unpaired) electrons. The standard InChI is InChI=1S/C11H14N2O3/c1-2-9(15)13-10(11(12)16)7-5-3-4-6-8(7)14/h3-6,10,14H,2H2,1H3,(H2,12,16)(H,13,15). The van der Waals surface area contributed by atoms with Gasteiger partial charge in [-0.25, -0.2) is 0 Å². The van der Waals surface area contributed by atoms with E-state index in [0.717, 1.165) is 0 Å². The number of para-hydroxylation sites is 1. The molecule has 0 aromatic heterocycles. The Hall–Kier alpha value is -2.04. The fraction of sp³-hybridized carbons (Fsp3) is 0.273. The van der Waals surface area contributed by atoms with Gasteiger partial charge in [0.1, 0.15) is 11.8 Å². The first-order valence-electron chi connectivity index (χ1n) is 4.92. The number of carbonyl (C=O) groups is 2. The summed E-state index contributed by atoms with van der Waals surface area (Å²) >= 11 is 0. The van der Waals surface area contributed by atoms with Crippen LogP contribution in [-0.4, -0.2) is 16.9 Å². The molecule has 0 bridgehead atoms. The Morgan fingerprint density at radius 1 is 1.44 bits per heavy atom. The maximum atomic E-state index is 11.2. The second kappa shape index (κ2) is 5.16. The molecule has 86 valence electrons. The molecule has 4 N–H and O–H groups in total. The summed E-state index contributed by atoms with van der Waals surface area (Å²) in [6.07, 6.45) is 0.247. The van der Waals surface area contributed by atoms with Crippen molar-refractivity contribution in [3.63, 3.8) is 0 Å². The van der Waals surface area contributed by atoms with Crippen LogP contribution in [0.15, 0.2) is 24.3 Å². The quantitative estimate of drug-likeness (QED) is 0.690. The minimum absolute atomic E-state index is 0.0669. The zero-order chi connectivity index (χ0) is 12.1. The molecule has 0 saturated heterocycles. The van der Waals surface area contributed by atoms with Crippen molar-refractivity contribution in [2.24, 2.45) is 5.73 Å². The molecule has 1 aromatic carbocycles. The molecule has 0 spiro atoms. The van der Waals surface area contributed by atoms with Gasteiger partial charge in [0.05, 0.1) is 0 Å². The highest BCUT2D eigenvalue weighted by Crippen LogP contribution is 2.23. The van der Waals surface area contributed by atoms with Gasteiger partial charge >= 0.3 is 0 Å². The molecule has 1 rings (SSSR count). The largest absolute Gasteiger partial charge is 0.508 e. The van der Waals surface area contributed by atoms with Crippen LogP contribution in [0.3, 0.4) is 0 Å². The third-order valence-electron chi connectivity index (χ3n) is 2.16. The van der Waals surface area contributed by atoms with Crippen LogP contribution in [0.1, 0.15) is 24.9 Å². The lowest BCUT2D eigenvalue weighted by Gasteiger charge is -2.16. The lowest BCUT2D eigenvalue weighted by Crippen LogP contribution is -2.37. The van der Waals surface area contributed by atoms with Crippen LogP contribution in [0.5, 0.6) is 5.75 Å². The van der Waals surface area contributed by atoms with Gasteiger partial charge in [0.15, 0.2) is 0 Å². The van der Waals surface area contributed by atoms with E-state index in [9.17, 15) is 14.7 Å². The molecule has 5 nitrogen and oxygen atoms in total. The van der Waals surface area contributed by atoms with Gasteiger partial charge in [-0.3, -0.25) is 9.59 Å². The van der Waals surface area contributed by atoms with Gasteiger partial charge in [0.25, 0.3) is 0 Å². The molecule has 1 aromatic rings. The minimum atomic E-state index is -0.992. The molecule has 0 heterocycles. The van der Waals surface area contributed by atoms with Crippen LogP contribution < -0.4 is 11.1 Å². The predicted molar refractivity (Wildman–Crippen MR) is 58.5 cm³/mol. The lowest BCUT2D eigenvalue weighted by atomic mass is 10.1. The van der Waals surface area contributed by atoms with E-state index in [-0.39, 0.29) is 18.1 Å². The number of phenolic OH excluding ortho intramolecular Hbond substituents is 1. The second-order valence-electron chi connectivity index (χ2n) is 3.32. The smallest absolute Gasteiger partial charge is 0.244 e. The molecular weight excluding hydrogens is 208 g/mol. The Bertz CT molecular complexity index is 404. The van der Waals surface area contributed by atoms with E-state index >= 15 is 0 Å². The zero-order valence-electron chi connectivity index (χ0n) is 8.93. The van der Waals surface area contributed by atoms with Crippen LogP contribution in [0.4, 0.5) is 0 Å². The van der Waals surface area contributed by atoms with Crippen LogP contribution in [0.2, 0.25) is 0 Å². The molecule has 1 unspecified atom stereocenters. The summed E-state index contributed by atoms with van der Waals surface area (Å²) in [5, 5.41) is 12.0. The number of amides is 2. The van der Waals surface area contributed by atoms with Gasteiger partial charge in [-0.2, -0.15) is 0 Å². The molecule has 0 aliphatic carbocycles. The summed E-state index contributed by atoms with van der Waals surface area (Å²) in [5.74, 6) is -1.07. The van der Waals surface area contributed by atoms with Gasteiger partial charge < -0.3 is 16.2 Å². The van der Waals surface area contributed by atoms with Crippen LogP contribution >= 0.6 is 0 Å². The van der Waals surface area contributed by atoms with Crippen molar-refractivity contribution in [1.29, 1.82) is 0 Å². The van der Waals surface area contributed by atoms with Crippen molar-refractivity contribution in [3.8, 4) is 5.75 Å². The predicted octanol–water partition coefficient (Wildman–Crippen LogP) is 0.445. The molecule has 1 atom stereocenters. The van der Waals surface area contributed by atoms with Crippen molar-refractivity contribution in [1.82, 2.24) is 5.32 Å². The second-order valence-corrected chi connectivity index (χ2v) is 3.32. The number of nitrogens with one attached hydrogen (secondary N) is 1. The highest BCUT2D eigenvalue weighted by atomic mass is 16.3. The van der Waals surface area contributed by atoms with Crippen LogP contribution in [0, 0.1) is 0 Å². The summed E-state index contributed by atoms with van der Waals surface area (Å²) in [7, 11) is 0. The third kappa shape index (κ3) is 2.73. The lowest BCUT2D eigenvalue weighted by molar-refractivity contribution is -0.127. The van der Waals surface area contributed by atoms with E-state index in [4.69, 9.17) is 5.73 Å². The molecule has 0 aliphatic rings. The number of hydrogen-bond donors (Lipinski definition) is 3. The summed E-state index contributed by atoms with van der Waals surface area (Å²) in [5.41, 5.74) is 5.48. The number of hydrogen-bond acceptors (Lipinski definition) is 3. The first kappa shape index (κ1) is 12.0. The number of aromatic hydroxyl groups is 1. The Labute approximate surface area is 93.3 Å². The molecule has 16 heavy (non-hydrogen) atoms. The van der Waals surface area contributed by atoms with Crippen molar-refractivity contribution < 1.29 is 14.7 Å². The van der Waals surface area contributed by atoms with E-state index in [1.165, 1.54) is 6.07 Å². The molecule has 0 saturated carbocycles. The van der Waals surface area contributed by atoms with E-state index in [1.807, 2.05) is 0 Å². The molecule has 0 fully saturated rings. The number of rotatable bonds is 4. The van der Waals surface area contributed by atoms with Crippen LogP contribution in [-0.2, 0) is 9.59 Å². The summed E-state index contributed by atoms with van der Waals surface area (Å²) in [4.78, 5) is 22.4. The fourth-order valence-corrected chi connectivity index (χ4v) is 1.30. The van der Waals surface area contributed by atoms with Crippen molar-refractivity contribution in [2.45, 2.75) is 19.4 Å². The van der Waals surface area contributed by atoms with Crippen molar-refractivity contribution in [3.05, 3.63) is 29.8 Å². The van der Waals surface area contributed by atoms with E-state index in [2.05, 4.69) is 5.32 Å². The Morgan fingerprint density at radius 3 is 2.56 bits per heavy atom. The summed E-state index contributed by atoms with van der Waals surface area (Å²) in [6.45, 7) is 1.66. The topological polar surface area (TPSA) is 92.4 Å². The first-order chi connectivity index (χ1) is 7.56. The minimum Gasteiger partial charge on any atom is -0.508 e. The SMILES string of the molecule is CCC(=O)NC(C(N)=O)c1ccccc1O. The maximum absolute atomic E-state index is 11.2. The average Bonchev–Trinajstić information content (AvgIpc) is 2.26. The maximum Gasteiger partial charge on any atom is 0.244 e. The highest BCUT2D eigenvalue weighted by Gasteiger charge is 2.21. The third-order valence-corrected chi connectivity index (χ3v) is 2.16. The summed E-state index contributed by atoms with van der Waals surface area (Å²) < 4.78 is 0. The first-order valence-corrected chi connectivity index (χ1v) is 4.92. The Morgan fingerprint density at radius 2 is 2.06 bits per heavy atom. The Balaban J connectivity index is 2.99. The zero-order valence-corrected chi connectivity index (χ0v) is 8.93. The van der Waals surface area contributed by atoms with E-state index in [0.29, 0.717) is 5.56 Å². The van der Waals surface area contributed by atoms with E-state index < -0.39 is 11.9 Å². The van der Waals surface area contributed by atoms with Gasteiger partial charge in [0.2, 0.25) is 11.8 Å². The number of primary amides is 1. The van der Waals surface area contributed by atoms with E-state index in [1.54, 1.807) is 25.1 Å². The number of phenols is 1. The molecule has 5 heteroatoms. The molecular formula is C11H14N2O3. The van der Waals surface area contributed by atoms with Crippen molar-refractivity contribution in [2.75, 3.05) is 0 Å². The van der Waals surface area contributed by atoms with Gasteiger partial charge in [-0.15, -0.1) is 0 Å². The molecule has 0 aliphatic heterocycles. The summed E-state index contributed by atoms with van der Waals surface area (Å²) in [6, 6.07) is 5.26. The van der Waals surface area contributed by atoms with Gasteiger partial charge in [0, 0.05) is 12.0 Å². The average molecular weight is 222 g/mol. The van der Waals surface area contributed by atoms with Gasteiger partial charge in [-0.1, -0.05) is 25.1 Å². The van der Waals surface area contributed by atoms with Crippen LogP contribution in [0.25, 0.3) is 0 Å².